The zero-order chi connectivity index (χ0) is 22.1. The summed E-state index contributed by atoms with van der Waals surface area (Å²) in [5, 5.41) is 9.04. The van der Waals surface area contributed by atoms with Crippen LogP contribution < -0.4 is 9.64 Å². The summed E-state index contributed by atoms with van der Waals surface area (Å²) in [5.41, 5.74) is 1.42. The topological polar surface area (TPSA) is 80.0 Å². The van der Waals surface area contributed by atoms with Gasteiger partial charge in [-0.3, -0.25) is 9.69 Å². The lowest BCUT2D eigenvalue weighted by Gasteiger charge is -2.14. The Balaban J connectivity index is 1.61. The van der Waals surface area contributed by atoms with E-state index < -0.39 is 5.97 Å². The van der Waals surface area contributed by atoms with E-state index in [4.69, 9.17) is 26.5 Å². The van der Waals surface area contributed by atoms with Gasteiger partial charge in [-0.1, -0.05) is 39.9 Å². The number of methoxy groups -OCH3 is 1. The second kappa shape index (κ2) is 8.70. The van der Waals surface area contributed by atoms with Crippen molar-refractivity contribution in [2.24, 2.45) is 0 Å². The number of halogens is 1. The Morgan fingerprint density at radius 2 is 1.94 bits per heavy atom. The van der Waals surface area contributed by atoms with E-state index in [0.29, 0.717) is 32.2 Å². The number of thiocarbonyl (C=S) groups is 1. The highest BCUT2D eigenvalue weighted by Crippen LogP contribution is 2.38. The number of nitrogens with zero attached hydrogens (tertiary/aromatic N) is 1. The molecular formula is C22H14BrNO5S2. The molecule has 6 nitrogen and oxygen atoms in total. The molecule has 1 amide bonds. The highest BCUT2D eigenvalue weighted by Gasteiger charge is 2.33. The highest BCUT2D eigenvalue weighted by atomic mass is 79.9. The third-order valence-corrected chi connectivity index (χ3v) is 6.29. The summed E-state index contributed by atoms with van der Waals surface area (Å²) < 4.78 is 12.6. The van der Waals surface area contributed by atoms with Crippen molar-refractivity contribution in [3.05, 3.63) is 75.3 Å². The summed E-state index contributed by atoms with van der Waals surface area (Å²) in [7, 11) is 1.59. The van der Waals surface area contributed by atoms with Crippen LogP contribution in [0.2, 0.25) is 0 Å². The lowest BCUT2D eigenvalue weighted by molar-refractivity contribution is -0.113. The van der Waals surface area contributed by atoms with Gasteiger partial charge in [-0.2, -0.15) is 0 Å². The number of aromatic carboxylic acids is 1. The average Bonchev–Trinajstić information content (AvgIpc) is 3.32. The molecule has 0 spiro atoms. The maximum absolute atomic E-state index is 12.9. The van der Waals surface area contributed by atoms with E-state index >= 15 is 0 Å². The molecule has 1 fully saturated rings. The van der Waals surface area contributed by atoms with Crippen LogP contribution in [0.3, 0.4) is 0 Å². The van der Waals surface area contributed by atoms with Crippen molar-refractivity contribution in [3.8, 4) is 17.1 Å². The van der Waals surface area contributed by atoms with Gasteiger partial charge in [-0.05, 0) is 54.6 Å². The van der Waals surface area contributed by atoms with Crippen molar-refractivity contribution in [2.75, 3.05) is 12.0 Å². The molecule has 0 radical (unpaired) electrons. The molecule has 4 rings (SSSR count). The predicted molar refractivity (Wildman–Crippen MR) is 127 cm³/mol. The van der Waals surface area contributed by atoms with E-state index in [0.717, 1.165) is 21.8 Å². The third-order valence-electron chi connectivity index (χ3n) is 4.49. The smallest absolute Gasteiger partial charge is 0.335 e. The van der Waals surface area contributed by atoms with Gasteiger partial charge in [0.25, 0.3) is 5.91 Å². The van der Waals surface area contributed by atoms with Crippen molar-refractivity contribution >= 4 is 67.9 Å². The number of hydrogen-bond acceptors (Lipinski definition) is 6. The van der Waals surface area contributed by atoms with Crippen LogP contribution >= 0.6 is 39.9 Å². The number of hydrogen-bond donors (Lipinski definition) is 1. The maximum atomic E-state index is 12.9. The number of carbonyl (C=O) groups is 2. The van der Waals surface area contributed by atoms with E-state index in [9.17, 15) is 9.59 Å². The fraction of sp³-hybridized carbons (Fsp3) is 0.0455. The zero-order valence-electron chi connectivity index (χ0n) is 16.0. The molecule has 2 aromatic carbocycles. The SMILES string of the molecule is COc1ccc(Br)cc1-c1ccc(C=C2SC(=S)N(c3ccc(C(=O)O)cc3)C2=O)o1. The van der Waals surface area contributed by atoms with Crippen LogP contribution in [0.4, 0.5) is 5.69 Å². The number of carboxylic acids is 1. The van der Waals surface area contributed by atoms with Gasteiger partial charge >= 0.3 is 5.97 Å². The number of benzene rings is 2. The Morgan fingerprint density at radius 1 is 1.19 bits per heavy atom. The van der Waals surface area contributed by atoms with Gasteiger partial charge in [0.15, 0.2) is 4.32 Å². The van der Waals surface area contributed by atoms with Crippen molar-refractivity contribution < 1.29 is 23.8 Å². The first-order valence-electron chi connectivity index (χ1n) is 8.92. The maximum Gasteiger partial charge on any atom is 0.335 e. The number of carbonyl (C=O) groups excluding carboxylic acids is 1. The summed E-state index contributed by atoms with van der Waals surface area (Å²) in [4.78, 5) is 25.8. The molecule has 0 bridgehead atoms. The monoisotopic (exact) mass is 515 g/mol. The third kappa shape index (κ3) is 4.30. The summed E-state index contributed by atoms with van der Waals surface area (Å²) in [6.45, 7) is 0. The normalized spacial score (nSPS) is 15.0. The number of carboxylic acid groups (broad SMARTS) is 1. The van der Waals surface area contributed by atoms with Crippen LogP contribution in [0.1, 0.15) is 16.1 Å². The molecule has 9 heteroatoms. The van der Waals surface area contributed by atoms with Gasteiger partial charge in [0.2, 0.25) is 0 Å². The van der Waals surface area contributed by atoms with Crippen LogP contribution in [-0.4, -0.2) is 28.4 Å². The van der Waals surface area contributed by atoms with Crippen LogP contribution in [0, 0.1) is 0 Å². The second-order valence-corrected chi connectivity index (χ2v) is 9.01. The first-order valence-corrected chi connectivity index (χ1v) is 10.9. The minimum absolute atomic E-state index is 0.135. The fourth-order valence-electron chi connectivity index (χ4n) is 3.02. The Bertz CT molecular complexity index is 1230. The van der Waals surface area contributed by atoms with Crippen LogP contribution in [0.25, 0.3) is 17.4 Å². The van der Waals surface area contributed by atoms with Gasteiger partial charge in [-0.15, -0.1) is 0 Å². The molecule has 1 aliphatic rings. The number of furan rings is 1. The van der Waals surface area contributed by atoms with Crippen molar-refractivity contribution in [2.45, 2.75) is 0 Å². The van der Waals surface area contributed by atoms with Crippen molar-refractivity contribution in [1.82, 2.24) is 0 Å². The van der Waals surface area contributed by atoms with Crippen LogP contribution in [-0.2, 0) is 4.79 Å². The number of amides is 1. The molecule has 1 N–H and O–H groups in total. The number of thioether (sulfide) groups is 1. The molecule has 0 unspecified atom stereocenters. The number of ether oxygens (including phenoxy) is 1. The molecule has 31 heavy (non-hydrogen) atoms. The fourth-order valence-corrected chi connectivity index (χ4v) is 4.66. The molecular weight excluding hydrogens is 502 g/mol. The molecule has 0 aliphatic carbocycles. The highest BCUT2D eigenvalue weighted by molar-refractivity contribution is 9.10. The molecule has 156 valence electrons. The van der Waals surface area contributed by atoms with Gasteiger partial charge < -0.3 is 14.3 Å². The van der Waals surface area contributed by atoms with E-state index in [2.05, 4.69) is 15.9 Å². The first-order chi connectivity index (χ1) is 14.9. The number of anilines is 1. The minimum atomic E-state index is -1.03. The van der Waals surface area contributed by atoms with E-state index in [1.165, 1.54) is 17.0 Å². The van der Waals surface area contributed by atoms with E-state index in [-0.39, 0.29) is 11.5 Å². The summed E-state index contributed by atoms with van der Waals surface area (Å²) in [5.74, 6) is 0.437. The molecule has 2 heterocycles. The molecule has 1 saturated heterocycles. The summed E-state index contributed by atoms with van der Waals surface area (Å²) in [6.07, 6.45) is 1.64. The Hall–Kier alpha value is -2.88. The Morgan fingerprint density at radius 3 is 2.61 bits per heavy atom. The minimum Gasteiger partial charge on any atom is -0.496 e. The standard InChI is InChI=1S/C22H14BrNO5S2/c1-28-17-8-4-13(23)10-16(17)18-9-7-15(29-18)11-19-20(25)24(22(30)31-19)14-5-2-12(3-6-14)21(26)27/h2-11H,1H3,(H,26,27). The average molecular weight is 516 g/mol. The largest absolute Gasteiger partial charge is 0.496 e. The molecule has 0 saturated carbocycles. The summed E-state index contributed by atoms with van der Waals surface area (Å²) in [6, 6.07) is 15.2. The zero-order valence-corrected chi connectivity index (χ0v) is 19.2. The van der Waals surface area contributed by atoms with Gasteiger partial charge in [-0.25, -0.2) is 4.79 Å². The quantitative estimate of drug-likeness (QED) is 0.338. The second-order valence-electron chi connectivity index (χ2n) is 6.42. The van der Waals surface area contributed by atoms with Gasteiger partial charge in [0.05, 0.1) is 28.8 Å². The summed E-state index contributed by atoms with van der Waals surface area (Å²) >= 11 is 9.97. The molecule has 3 aromatic rings. The van der Waals surface area contributed by atoms with Crippen molar-refractivity contribution in [1.29, 1.82) is 0 Å². The Labute approximate surface area is 195 Å². The Kier molecular flexibility index (Phi) is 5.99. The number of rotatable bonds is 5. The predicted octanol–water partition coefficient (Wildman–Crippen LogP) is 5.82. The van der Waals surface area contributed by atoms with Crippen LogP contribution in [0.15, 0.2) is 68.4 Å². The van der Waals surface area contributed by atoms with Crippen LogP contribution in [0.5, 0.6) is 5.75 Å². The van der Waals surface area contributed by atoms with Gasteiger partial charge in [0, 0.05) is 10.5 Å². The molecule has 0 atom stereocenters. The first kappa shape index (κ1) is 21.4. The van der Waals surface area contributed by atoms with Crippen molar-refractivity contribution in [3.63, 3.8) is 0 Å². The lowest BCUT2D eigenvalue weighted by Crippen LogP contribution is -2.27. The molecule has 1 aliphatic heterocycles. The molecule has 1 aromatic heterocycles. The lowest BCUT2D eigenvalue weighted by atomic mass is 10.1. The van der Waals surface area contributed by atoms with E-state index in [1.54, 1.807) is 31.4 Å². The van der Waals surface area contributed by atoms with Gasteiger partial charge in [0.1, 0.15) is 17.3 Å². The van der Waals surface area contributed by atoms with E-state index in [1.807, 2.05) is 24.3 Å².